The molecule has 0 fully saturated rings. The Morgan fingerprint density at radius 1 is 1.00 bits per heavy atom. The van der Waals surface area contributed by atoms with Gasteiger partial charge in [0.15, 0.2) is 0 Å². The van der Waals surface area contributed by atoms with Gasteiger partial charge in [0.1, 0.15) is 6.54 Å². The van der Waals surface area contributed by atoms with Gasteiger partial charge in [-0.25, -0.2) is 0 Å². The molecule has 0 aliphatic carbocycles. The number of quaternary nitrogens is 1. The Balaban J connectivity index is 1.38. The van der Waals surface area contributed by atoms with Crippen molar-refractivity contribution in [3.63, 3.8) is 0 Å². The fourth-order valence-corrected chi connectivity index (χ4v) is 3.94. The highest BCUT2D eigenvalue weighted by Gasteiger charge is 2.08. The molecule has 6 nitrogen and oxygen atoms in total. The van der Waals surface area contributed by atoms with E-state index >= 15 is 0 Å². The van der Waals surface area contributed by atoms with E-state index in [1.165, 1.54) is 11.3 Å². The van der Waals surface area contributed by atoms with Crippen LogP contribution in [0.4, 0.5) is 5.69 Å². The molecule has 1 heterocycles. The third-order valence-electron chi connectivity index (χ3n) is 4.67. The molecule has 0 aliphatic heterocycles. The summed E-state index contributed by atoms with van der Waals surface area (Å²) in [5, 5.41) is 15.3. The number of para-hydroxylation sites is 1. The van der Waals surface area contributed by atoms with Crippen LogP contribution in [0.15, 0.2) is 59.8 Å². The van der Waals surface area contributed by atoms with Crippen molar-refractivity contribution in [3.05, 3.63) is 60.2 Å². The van der Waals surface area contributed by atoms with E-state index in [-0.39, 0.29) is 0 Å². The summed E-state index contributed by atoms with van der Waals surface area (Å²) < 4.78 is 1.80. The van der Waals surface area contributed by atoms with E-state index in [4.69, 9.17) is 0 Å². The summed E-state index contributed by atoms with van der Waals surface area (Å²) in [6.45, 7) is 8.60. The molecule has 0 amide bonds. The van der Waals surface area contributed by atoms with Gasteiger partial charge >= 0.3 is 0 Å². The minimum absolute atomic E-state index is 0.846. The van der Waals surface area contributed by atoms with Gasteiger partial charge in [0.05, 0.1) is 12.2 Å². The van der Waals surface area contributed by atoms with Gasteiger partial charge in [-0.1, -0.05) is 42.1 Å². The summed E-state index contributed by atoms with van der Waals surface area (Å²) in [5.41, 5.74) is 3.67. The number of nitrogens with two attached hydrogens (primary N) is 1. The number of hydrogen-bond acceptors (Lipinski definition) is 5. The number of rotatable bonds is 11. The number of benzene rings is 2. The van der Waals surface area contributed by atoms with Gasteiger partial charge in [-0.3, -0.25) is 0 Å². The Morgan fingerprint density at radius 2 is 1.75 bits per heavy atom. The Bertz CT molecular complexity index is 814. The zero-order valence-corrected chi connectivity index (χ0v) is 17.5. The van der Waals surface area contributed by atoms with Crippen LogP contribution in [-0.2, 0) is 6.54 Å². The van der Waals surface area contributed by atoms with Gasteiger partial charge in [0.2, 0.25) is 5.16 Å². The van der Waals surface area contributed by atoms with Gasteiger partial charge in [-0.05, 0) is 48.5 Å². The molecule has 3 rings (SSSR count). The fourth-order valence-electron chi connectivity index (χ4n) is 3.09. The van der Waals surface area contributed by atoms with Crippen molar-refractivity contribution in [2.75, 3.05) is 30.3 Å². The number of hydrogen-bond donors (Lipinski definition) is 1. The molecule has 7 heteroatoms. The van der Waals surface area contributed by atoms with Crippen molar-refractivity contribution in [1.29, 1.82) is 0 Å². The first-order valence-electron chi connectivity index (χ1n) is 9.94. The standard InChI is InChI=1S/C21H28N6S/c1-3-26(4-2)19-13-11-18(12-14-19)17-22-15-8-16-28-21-23-24-25-27(21)20-9-6-5-7-10-20/h5-7,9-14,22H,3-4,8,15-17H2,1-2H3/p+1. The third-order valence-corrected chi connectivity index (χ3v) is 5.68. The minimum Gasteiger partial charge on any atom is -0.372 e. The summed E-state index contributed by atoms with van der Waals surface area (Å²) >= 11 is 1.71. The Morgan fingerprint density at radius 3 is 2.46 bits per heavy atom. The van der Waals surface area contributed by atoms with Crippen LogP contribution in [0.3, 0.4) is 0 Å². The van der Waals surface area contributed by atoms with Crippen LogP contribution in [-0.4, -0.2) is 45.6 Å². The van der Waals surface area contributed by atoms with Crippen molar-refractivity contribution < 1.29 is 5.32 Å². The van der Waals surface area contributed by atoms with Crippen molar-refractivity contribution in [2.24, 2.45) is 0 Å². The van der Waals surface area contributed by atoms with Crippen LogP contribution >= 0.6 is 11.8 Å². The highest BCUT2D eigenvalue weighted by Crippen LogP contribution is 2.18. The van der Waals surface area contributed by atoms with Gasteiger partial charge in [0, 0.05) is 36.5 Å². The van der Waals surface area contributed by atoms with Crippen LogP contribution in [0.2, 0.25) is 0 Å². The minimum atomic E-state index is 0.846. The van der Waals surface area contributed by atoms with Crippen molar-refractivity contribution >= 4 is 17.4 Å². The predicted octanol–water partition coefficient (Wildman–Crippen LogP) is 2.75. The second-order valence-corrected chi connectivity index (χ2v) is 7.59. The van der Waals surface area contributed by atoms with Gasteiger partial charge < -0.3 is 10.2 Å². The number of nitrogens with zero attached hydrogens (tertiary/aromatic N) is 5. The van der Waals surface area contributed by atoms with Crippen molar-refractivity contribution in [3.8, 4) is 5.69 Å². The molecule has 2 N–H and O–H groups in total. The molecule has 2 aromatic carbocycles. The van der Waals surface area contributed by atoms with Crippen LogP contribution in [0.1, 0.15) is 25.8 Å². The first kappa shape index (κ1) is 20.4. The summed E-state index contributed by atoms with van der Waals surface area (Å²) in [7, 11) is 0. The molecular formula is C21H29N6S+. The fraction of sp³-hybridized carbons (Fsp3) is 0.381. The average Bonchev–Trinajstić information content (AvgIpc) is 3.22. The van der Waals surface area contributed by atoms with Crippen LogP contribution in [0, 0.1) is 0 Å². The molecule has 0 saturated carbocycles. The highest BCUT2D eigenvalue weighted by molar-refractivity contribution is 7.99. The van der Waals surface area contributed by atoms with Crippen molar-refractivity contribution in [2.45, 2.75) is 32.0 Å². The smallest absolute Gasteiger partial charge is 0.214 e. The molecule has 0 radical (unpaired) electrons. The molecule has 1 aromatic heterocycles. The topological polar surface area (TPSA) is 63.5 Å². The lowest BCUT2D eigenvalue weighted by Gasteiger charge is -2.21. The molecule has 0 saturated heterocycles. The number of anilines is 1. The SMILES string of the molecule is CCN(CC)c1ccc(C[NH2+]CCCSc2nnnn2-c2ccccc2)cc1. The highest BCUT2D eigenvalue weighted by atomic mass is 32.2. The molecule has 0 atom stereocenters. The zero-order valence-electron chi connectivity index (χ0n) is 16.7. The maximum atomic E-state index is 4.14. The Labute approximate surface area is 171 Å². The second-order valence-electron chi connectivity index (χ2n) is 6.53. The number of thioether (sulfide) groups is 1. The lowest BCUT2D eigenvalue weighted by Crippen LogP contribution is -2.82. The molecular weight excluding hydrogens is 368 g/mol. The molecule has 0 bridgehead atoms. The number of tetrazole rings is 1. The van der Waals surface area contributed by atoms with E-state index in [0.29, 0.717) is 0 Å². The monoisotopic (exact) mass is 397 g/mol. The maximum Gasteiger partial charge on any atom is 0.214 e. The van der Waals surface area contributed by atoms with Gasteiger partial charge in [-0.15, -0.1) is 5.10 Å². The summed E-state index contributed by atoms with van der Waals surface area (Å²) in [5.74, 6) is 1.00. The molecule has 0 aliphatic rings. The van der Waals surface area contributed by atoms with E-state index in [1.54, 1.807) is 16.4 Å². The first-order chi connectivity index (χ1) is 13.8. The quantitative estimate of drug-likeness (QED) is 0.398. The predicted molar refractivity (Wildman–Crippen MR) is 115 cm³/mol. The first-order valence-corrected chi connectivity index (χ1v) is 10.9. The zero-order chi connectivity index (χ0) is 19.6. The lowest BCUT2D eigenvalue weighted by atomic mass is 10.2. The van der Waals surface area contributed by atoms with Crippen LogP contribution < -0.4 is 10.2 Å². The van der Waals surface area contributed by atoms with E-state index in [0.717, 1.165) is 49.2 Å². The van der Waals surface area contributed by atoms with Gasteiger partial charge in [-0.2, -0.15) is 4.68 Å². The van der Waals surface area contributed by atoms with E-state index in [9.17, 15) is 0 Å². The van der Waals surface area contributed by atoms with Crippen LogP contribution in [0.5, 0.6) is 0 Å². The van der Waals surface area contributed by atoms with E-state index in [1.807, 2.05) is 30.3 Å². The van der Waals surface area contributed by atoms with E-state index < -0.39 is 0 Å². The lowest BCUT2D eigenvalue weighted by molar-refractivity contribution is -0.670. The summed E-state index contributed by atoms with van der Waals surface area (Å²) in [6.07, 6.45) is 1.11. The third kappa shape index (κ3) is 5.56. The maximum absolute atomic E-state index is 4.14. The number of aromatic nitrogens is 4. The Kier molecular flexibility index (Phi) is 7.87. The van der Waals surface area contributed by atoms with Crippen molar-refractivity contribution in [1.82, 2.24) is 20.2 Å². The van der Waals surface area contributed by atoms with Crippen LogP contribution in [0.25, 0.3) is 5.69 Å². The van der Waals surface area contributed by atoms with Gasteiger partial charge in [0.25, 0.3) is 0 Å². The molecule has 3 aromatic rings. The largest absolute Gasteiger partial charge is 0.372 e. The average molecular weight is 398 g/mol. The Hall–Kier alpha value is -2.38. The molecule has 0 spiro atoms. The molecule has 28 heavy (non-hydrogen) atoms. The summed E-state index contributed by atoms with van der Waals surface area (Å²) in [4.78, 5) is 2.37. The second kappa shape index (κ2) is 10.8. The molecule has 148 valence electrons. The van der Waals surface area contributed by atoms with E-state index in [2.05, 4.69) is 63.9 Å². The molecule has 0 unspecified atom stereocenters. The normalized spacial score (nSPS) is 10.9. The summed E-state index contributed by atoms with van der Waals surface area (Å²) in [6, 6.07) is 19.0.